The molecule has 0 aliphatic rings. The zero-order valence-corrected chi connectivity index (χ0v) is 13.1. The summed E-state index contributed by atoms with van der Waals surface area (Å²) in [4.78, 5) is 4.04. The molecule has 0 spiro atoms. The Balaban J connectivity index is 2.86. The number of alkyl halides is 3. The number of hydrogen-bond donors (Lipinski definition) is 1. The van der Waals surface area contributed by atoms with Gasteiger partial charge in [-0.2, -0.15) is 24.9 Å². The van der Waals surface area contributed by atoms with Gasteiger partial charge in [0.15, 0.2) is 5.69 Å². The number of thiazole rings is 1. The fraction of sp³-hybridized carbons (Fsp3) is 0.750. The maximum Gasteiger partial charge on any atom is 0.434 e. The third-order valence-electron chi connectivity index (χ3n) is 2.22. The normalized spacial score (nSPS) is 12.7. The molecule has 19 heavy (non-hydrogen) atoms. The average molecular weight is 312 g/mol. The van der Waals surface area contributed by atoms with Crippen LogP contribution in [-0.2, 0) is 18.5 Å². The third kappa shape index (κ3) is 5.71. The minimum atomic E-state index is -4.37. The molecule has 0 bridgehead atoms. The molecule has 0 unspecified atom stereocenters. The molecule has 1 aromatic heterocycles. The Morgan fingerprint density at radius 3 is 2.37 bits per heavy atom. The molecule has 110 valence electrons. The van der Waals surface area contributed by atoms with Crippen LogP contribution in [0.3, 0.4) is 0 Å². The fourth-order valence-corrected chi connectivity index (χ4v) is 3.15. The highest BCUT2D eigenvalue weighted by atomic mass is 32.2. The van der Waals surface area contributed by atoms with E-state index in [0.717, 1.165) is 11.3 Å². The number of nitrogens with zero attached hydrogens (tertiary/aromatic N) is 1. The molecule has 0 radical (unpaired) electrons. The fourth-order valence-electron chi connectivity index (χ4n) is 1.34. The smallest absolute Gasteiger partial charge is 0.310 e. The van der Waals surface area contributed by atoms with E-state index < -0.39 is 11.9 Å². The largest absolute Gasteiger partial charge is 0.434 e. The van der Waals surface area contributed by atoms with Crippen molar-refractivity contribution in [1.82, 2.24) is 10.3 Å². The van der Waals surface area contributed by atoms with Gasteiger partial charge in [-0.1, -0.05) is 27.7 Å². The van der Waals surface area contributed by atoms with Crippen molar-refractivity contribution in [3.05, 3.63) is 15.6 Å². The van der Waals surface area contributed by atoms with Gasteiger partial charge >= 0.3 is 6.18 Å². The van der Waals surface area contributed by atoms with Crippen LogP contribution >= 0.6 is 23.1 Å². The molecular formula is C12H19F3N2S2. The summed E-state index contributed by atoms with van der Waals surface area (Å²) < 4.78 is 38.7. The van der Waals surface area contributed by atoms with E-state index >= 15 is 0 Å². The molecule has 2 nitrogen and oxygen atoms in total. The van der Waals surface area contributed by atoms with Crippen LogP contribution in [0.4, 0.5) is 13.2 Å². The SMILES string of the molecule is CC(C)NCc1sc(CSC(C)C)nc1C(F)(F)F. The molecule has 0 aliphatic carbocycles. The Morgan fingerprint density at radius 1 is 1.26 bits per heavy atom. The lowest BCUT2D eigenvalue weighted by Gasteiger charge is -2.09. The summed E-state index contributed by atoms with van der Waals surface area (Å²) in [6.45, 7) is 8.07. The van der Waals surface area contributed by atoms with E-state index in [2.05, 4.69) is 10.3 Å². The average Bonchev–Trinajstić information content (AvgIpc) is 2.66. The van der Waals surface area contributed by atoms with E-state index in [1.54, 1.807) is 11.8 Å². The standard InChI is InChI=1S/C12H19F3N2S2/c1-7(2)16-5-9-11(12(13,14)15)17-10(19-9)6-18-8(3)4/h7-8,16H,5-6H2,1-4H3. The topological polar surface area (TPSA) is 24.9 Å². The lowest BCUT2D eigenvalue weighted by Crippen LogP contribution is -2.23. The molecule has 0 aromatic carbocycles. The molecule has 0 saturated heterocycles. The monoisotopic (exact) mass is 312 g/mol. The van der Waals surface area contributed by atoms with Gasteiger partial charge in [0, 0.05) is 18.3 Å². The van der Waals surface area contributed by atoms with E-state index in [0.29, 0.717) is 16.0 Å². The van der Waals surface area contributed by atoms with Crippen LogP contribution < -0.4 is 5.32 Å². The van der Waals surface area contributed by atoms with Crippen molar-refractivity contribution in [3.63, 3.8) is 0 Å². The van der Waals surface area contributed by atoms with Crippen molar-refractivity contribution in [2.24, 2.45) is 0 Å². The molecule has 0 fully saturated rings. The summed E-state index contributed by atoms with van der Waals surface area (Å²) >= 11 is 2.76. The summed E-state index contributed by atoms with van der Waals surface area (Å²) in [5.74, 6) is 0.535. The van der Waals surface area contributed by atoms with Crippen LogP contribution in [0, 0.1) is 0 Å². The zero-order chi connectivity index (χ0) is 14.6. The Labute approximate surface area is 120 Å². The van der Waals surface area contributed by atoms with Gasteiger partial charge in [0.05, 0.1) is 4.88 Å². The molecule has 0 atom stereocenters. The zero-order valence-electron chi connectivity index (χ0n) is 11.5. The van der Waals surface area contributed by atoms with Crippen LogP contribution in [0.15, 0.2) is 0 Å². The molecular weight excluding hydrogens is 293 g/mol. The summed E-state index contributed by atoms with van der Waals surface area (Å²) in [5, 5.41) is 3.95. The molecule has 1 N–H and O–H groups in total. The summed E-state index contributed by atoms with van der Waals surface area (Å²) in [6, 6.07) is 0.150. The first-order chi connectivity index (χ1) is 8.70. The molecule has 7 heteroatoms. The highest BCUT2D eigenvalue weighted by molar-refractivity contribution is 7.99. The van der Waals surface area contributed by atoms with Crippen LogP contribution in [-0.4, -0.2) is 16.3 Å². The second-order valence-corrected chi connectivity index (χ2v) is 7.51. The number of thioether (sulfide) groups is 1. The summed E-state index contributed by atoms with van der Waals surface area (Å²) in [6.07, 6.45) is -4.37. The number of rotatable bonds is 6. The third-order valence-corrected chi connectivity index (χ3v) is 4.57. The van der Waals surface area contributed by atoms with Crippen molar-refractivity contribution in [2.75, 3.05) is 0 Å². The maximum absolute atomic E-state index is 12.9. The predicted molar refractivity (Wildman–Crippen MR) is 75.5 cm³/mol. The van der Waals surface area contributed by atoms with Gasteiger partial charge in [0.25, 0.3) is 0 Å². The van der Waals surface area contributed by atoms with Crippen molar-refractivity contribution in [1.29, 1.82) is 0 Å². The van der Waals surface area contributed by atoms with Crippen LogP contribution in [0.5, 0.6) is 0 Å². The number of aromatic nitrogens is 1. The number of nitrogens with one attached hydrogen (secondary N) is 1. The second kappa shape index (κ2) is 6.95. The molecule has 0 amide bonds. The highest BCUT2D eigenvalue weighted by Gasteiger charge is 2.37. The van der Waals surface area contributed by atoms with Crippen LogP contribution in [0.1, 0.15) is 43.3 Å². The van der Waals surface area contributed by atoms with Gasteiger partial charge in [-0.25, -0.2) is 4.98 Å². The Bertz CT molecular complexity index is 400. The maximum atomic E-state index is 12.9. The lowest BCUT2D eigenvalue weighted by atomic mass is 10.3. The quantitative estimate of drug-likeness (QED) is 0.847. The van der Waals surface area contributed by atoms with Gasteiger partial charge in [-0.3, -0.25) is 0 Å². The van der Waals surface area contributed by atoms with E-state index in [4.69, 9.17) is 0 Å². The minimum Gasteiger partial charge on any atom is -0.310 e. The lowest BCUT2D eigenvalue weighted by molar-refractivity contribution is -0.141. The van der Waals surface area contributed by atoms with Crippen LogP contribution in [0.25, 0.3) is 0 Å². The van der Waals surface area contributed by atoms with Crippen molar-refractivity contribution >= 4 is 23.1 Å². The van der Waals surface area contributed by atoms with Crippen molar-refractivity contribution in [2.45, 2.75) is 57.5 Å². The first-order valence-corrected chi connectivity index (χ1v) is 7.97. The van der Waals surface area contributed by atoms with E-state index in [1.807, 2.05) is 27.7 Å². The van der Waals surface area contributed by atoms with E-state index in [-0.39, 0.29) is 17.5 Å². The predicted octanol–water partition coefficient (Wildman–Crippen LogP) is 4.30. The van der Waals surface area contributed by atoms with E-state index in [1.165, 1.54) is 0 Å². The molecule has 0 aliphatic heterocycles. The van der Waals surface area contributed by atoms with Crippen molar-refractivity contribution in [3.8, 4) is 0 Å². The Morgan fingerprint density at radius 2 is 1.89 bits per heavy atom. The summed E-state index contributed by atoms with van der Waals surface area (Å²) in [5.41, 5.74) is -0.731. The van der Waals surface area contributed by atoms with Gasteiger partial charge < -0.3 is 5.32 Å². The first-order valence-electron chi connectivity index (χ1n) is 6.11. The molecule has 1 rings (SSSR count). The minimum absolute atomic E-state index is 0.150. The summed E-state index contributed by atoms with van der Waals surface area (Å²) in [7, 11) is 0. The Hall–Kier alpha value is -0.270. The number of halogens is 3. The highest BCUT2D eigenvalue weighted by Crippen LogP contribution is 2.35. The Kier molecular flexibility index (Phi) is 6.14. The van der Waals surface area contributed by atoms with Crippen LogP contribution in [0.2, 0.25) is 0 Å². The van der Waals surface area contributed by atoms with Gasteiger partial charge in [0.2, 0.25) is 0 Å². The molecule has 1 heterocycles. The molecule has 0 saturated carbocycles. The van der Waals surface area contributed by atoms with E-state index in [9.17, 15) is 13.2 Å². The van der Waals surface area contributed by atoms with Crippen molar-refractivity contribution < 1.29 is 13.2 Å². The first kappa shape index (κ1) is 16.8. The van der Waals surface area contributed by atoms with Gasteiger partial charge in [-0.15, -0.1) is 11.3 Å². The number of hydrogen-bond acceptors (Lipinski definition) is 4. The molecule has 1 aromatic rings. The van der Waals surface area contributed by atoms with Gasteiger partial charge in [0.1, 0.15) is 5.01 Å². The van der Waals surface area contributed by atoms with Gasteiger partial charge in [-0.05, 0) is 5.25 Å². The second-order valence-electron chi connectivity index (χ2n) is 4.77.